The number of halogens is 1. The molecule has 0 fully saturated rings. The molecule has 1 aliphatic heterocycles. The van der Waals surface area contributed by atoms with Crippen LogP contribution < -0.4 is 15.4 Å². The van der Waals surface area contributed by atoms with E-state index < -0.39 is 5.92 Å². The van der Waals surface area contributed by atoms with Gasteiger partial charge in [0, 0.05) is 28.9 Å². The Bertz CT molecular complexity index is 733. The predicted molar refractivity (Wildman–Crippen MR) is 94.7 cm³/mol. The molecule has 24 heavy (non-hydrogen) atoms. The highest BCUT2D eigenvalue weighted by Gasteiger charge is 2.27. The molecule has 0 saturated heterocycles. The van der Waals surface area contributed by atoms with Crippen LogP contribution in [0.4, 0.5) is 5.69 Å². The molecule has 1 aromatic heterocycles. The molecule has 0 radical (unpaired) electrons. The zero-order valence-electron chi connectivity index (χ0n) is 12.9. The lowest BCUT2D eigenvalue weighted by Crippen LogP contribution is -2.33. The summed E-state index contributed by atoms with van der Waals surface area (Å²) in [4.78, 5) is 25.5. The Labute approximate surface area is 149 Å². The predicted octanol–water partition coefficient (Wildman–Crippen LogP) is 3.10. The van der Waals surface area contributed by atoms with Crippen LogP contribution in [0.5, 0.6) is 5.75 Å². The fraction of sp³-hybridized carbons (Fsp3) is 0.294. The van der Waals surface area contributed by atoms with E-state index in [9.17, 15) is 9.59 Å². The molecule has 1 aliphatic rings. The second-order valence-corrected chi connectivity index (χ2v) is 6.99. The Hall–Kier alpha value is -2.05. The first kappa shape index (κ1) is 16.8. The number of ether oxygens (including phenoxy) is 1. The van der Waals surface area contributed by atoms with E-state index in [0.29, 0.717) is 23.0 Å². The maximum Gasteiger partial charge on any atom is 0.231 e. The first-order valence-electron chi connectivity index (χ1n) is 7.64. The van der Waals surface area contributed by atoms with Crippen molar-refractivity contribution in [1.29, 1.82) is 0 Å². The van der Waals surface area contributed by atoms with Gasteiger partial charge in [-0.15, -0.1) is 11.3 Å². The van der Waals surface area contributed by atoms with Crippen LogP contribution in [0, 0.1) is 5.92 Å². The molecule has 2 N–H and O–H groups in total. The summed E-state index contributed by atoms with van der Waals surface area (Å²) in [6.07, 6.45) is 0.888. The molecule has 0 spiro atoms. The average molecular weight is 365 g/mol. The largest absolute Gasteiger partial charge is 0.491 e. The molecular formula is C17H17ClN2O3S. The van der Waals surface area contributed by atoms with E-state index in [1.165, 1.54) is 4.88 Å². The van der Waals surface area contributed by atoms with Gasteiger partial charge in [-0.2, -0.15) is 0 Å². The number of carbonyl (C=O) groups is 2. The number of carbonyl (C=O) groups excluding carboxylic acids is 2. The molecule has 2 aromatic rings. The van der Waals surface area contributed by atoms with Crippen molar-refractivity contribution in [2.75, 3.05) is 18.5 Å². The minimum Gasteiger partial charge on any atom is -0.491 e. The van der Waals surface area contributed by atoms with Crippen LogP contribution in [-0.4, -0.2) is 25.0 Å². The molecule has 1 atom stereocenters. The molecule has 7 heteroatoms. The number of thiophene rings is 1. The lowest BCUT2D eigenvalue weighted by atomic mass is 10.1. The first-order chi connectivity index (χ1) is 11.6. The Morgan fingerprint density at radius 1 is 1.42 bits per heavy atom. The summed E-state index contributed by atoms with van der Waals surface area (Å²) in [6.45, 7) is 0.710. The van der Waals surface area contributed by atoms with Gasteiger partial charge in [-0.25, -0.2) is 0 Å². The van der Waals surface area contributed by atoms with Crippen molar-refractivity contribution in [3.8, 4) is 5.75 Å². The third-order valence-electron chi connectivity index (χ3n) is 3.72. The van der Waals surface area contributed by atoms with Gasteiger partial charge in [0.1, 0.15) is 12.4 Å². The Kier molecular flexibility index (Phi) is 5.37. The van der Waals surface area contributed by atoms with E-state index in [0.717, 1.165) is 6.42 Å². The second-order valence-electron chi connectivity index (χ2n) is 5.52. The van der Waals surface area contributed by atoms with Crippen LogP contribution in [0.15, 0.2) is 35.7 Å². The summed E-state index contributed by atoms with van der Waals surface area (Å²) in [6, 6.07) is 9.05. The van der Waals surface area contributed by atoms with E-state index in [1.54, 1.807) is 29.5 Å². The number of nitrogens with one attached hydrogen (secondary N) is 2. The van der Waals surface area contributed by atoms with Crippen LogP contribution in [-0.2, 0) is 16.0 Å². The standard InChI is InChI=1S/C17H17ClN2O3S/c18-12-3-4-14-15(9-12)23-10-11(17(22)20-14)8-16(21)19-6-5-13-2-1-7-24-13/h1-4,7,9,11H,5-6,8,10H2,(H,19,21)(H,20,22). The third kappa shape index (κ3) is 4.27. The highest BCUT2D eigenvalue weighted by atomic mass is 35.5. The van der Waals surface area contributed by atoms with Crippen LogP contribution in [0.1, 0.15) is 11.3 Å². The third-order valence-corrected chi connectivity index (χ3v) is 4.89. The molecule has 126 valence electrons. The summed E-state index contributed by atoms with van der Waals surface area (Å²) in [5.74, 6) is -0.377. The zero-order valence-corrected chi connectivity index (χ0v) is 14.5. The fourth-order valence-corrected chi connectivity index (χ4v) is 3.32. The molecule has 0 aliphatic carbocycles. The number of hydrogen-bond donors (Lipinski definition) is 2. The highest BCUT2D eigenvalue weighted by molar-refractivity contribution is 7.09. The van der Waals surface area contributed by atoms with Gasteiger partial charge in [0.2, 0.25) is 11.8 Å². The van der Waals surface area contributed by atoms with Gasteiger partial charge in [-0.1, -0.05) is 17.7 Å². The van der Waals surface area contributed by atoms with E-state index >= 15 is 0 Å². The summed E-state index contributed by atoms with van der Waals surface area (Å²) in [5.41, 5.74) is 0.574. The molecule has 0 saturated carbocycles. The molecule has 2 heterocycles. The van der Waals surface area contributed by atoms with Crippen molar-refractivity contribution >= 4 is 40.4 Å². The van der Waals surface area contributed by atoms with Gasteiger partial charge in [0.25, 0.3) is 0 Å². The van der Waals surface area contributed by atoms with E-state index in [-0.39, 0.29) is 24.8 Å². The van der Waals surface area contributed by atoms with E-state index in [4.69, 9.17) is 16.3 Å². The zero-order chi connectivity index (χ0) is 16.9. The van der Waals surface area contributed by atoms with Crippen molar-refractivity contribution in [3.05, 3.63) is 45.6 Å². The molecular weight excluding hydrogens is 348 g/mol. The minimum absolute atomic E-state index is 0.0952. The second kappa shape index (κ2) is 7.68. The van der Waals surface area contributed by atoms with E-state index in [2.05, 4.69) is 10.6 Å². The normalized spacial score (nSPS) is 16.5. The maximum absolute atomic E-state index is 12.3. The smallest absolute Gasteiger partial charge is 0.231 e. The number of anilines is 1. The van der Waals surface area contributed by atoms with Gasteiger partial charge in [-0.3, -0.25) is 9.59 Å². The maximum atomic E-state index is 12.3. The Morgan fingerprint density at radius 2 is 2.29 bits per heavy atom. The topological polar surface area (TPSA) is 67.4 Å². The van der Waals surface area contributed by atoms with Gasteiger partial charge in [-0.05, 0) is 30.0 Å². The Morgan fingerprint density at radius 3 is 3.08 bits per heavy atom. The number of amides is 2. The van der Waals surface area contributed by atoms with Crippen molar-refractivity contribution in [1.82, 2.24) is 5.32 Å². The molecule has 5 nitrogen and oxygen atoms in total. The molecule has 1 aromatic carbocycles. The SMILES string of the molecule is O=C(CC1COc2cc(Cl)ccc2NC1=O)NCCc1cccs1. The summed E-state index contributed by atoms with van der Waals surface area (Å²) >= 11 is 7.59. The summed E-state index contributed by atoms with van der Waals surface area (Å²) in [5, 5.41) is 8.18. The fourth-order valence-electron chi connectivity index (χ4n) is 2.45. The molecule has 0 bridgehead atoms. The number of benzene rings is 1. The number of rotatable bonds is 5. The summed E-state index contributed by atoms with van der Waals surface area (Å²) < 4.78 is 5.63. The Balaban J connectivity index is 1.52. The quantitative estimate of drug-likeness (QED) is 0.856. The summed E-state index contributed by atoms with van der Waals surface area (Å²) in [7, 11) is 0. The van der Waals surface area contributed by atoms with Crippen LogP contribution in [0.3, 0.4) is 0 Å². The average Bonchev–Trinajstić information content (AvgIpc) is 3.01. The van der Waals surface area contributed by atoms with Crippen LogP contribution in [0.2, 0.25) is 5.02 Å². The minimum atomic E-state index is -0.530. The van der Waals surface area contributed by atoms with Crippen molar-refractivity contribution in [3.63, 3.8) is 0 Å². The highest BCUT2D eigenvalue weighted by Crippen LogP contribution is 2.31. The molecule has 1 unspecified atom stereocenters. The van der Waals surface area contributed by atoms with Gasteiger partial charge < -0.3 is 15.4 Å². The monoisotopic (exact) mass is 364 g/mol. The van der Waals surface area contributed by atoms with Crippen molar-refractivity contribution in [2.45, 2.75) is 12.8 Å². The van der Waals surface area contributed by atoms with Crippen molar-refractivity contribution in [2.24, 2.45) is 5.92 Å². The molecule has 3 rings (SSSR count). The van der Waals surface area contributed by atoms with Crippen LogP contribution in [0.25, 0.3) is 0 Å². The van der Waals surface area contributed by atoms with Crippen LogP contribution >= 0.6 is 22.9 Å². The van der Waals surface area contributed by atoms with E-state index in [1.807, 2.05) is 17.5 Å². The van der Waals surface area contributed by atoms with Gasteiger partial charge >= 0.3 is 0 Å². The first-order valence-corrected chi connectivity index (χ1v) is 8.90. The van der Waals surface area contributed by atoms with Crippen molar-refractivity contribution < 1.29 is 14.3 Å². The lowest BCUT2D eigenvalue weighted by molar-refractivity contribution is -0.128. The number of hydrogen-bond acceptors (Lipinski definition) is 4. The lowest BCUT2D eigenvalue weighted by Gasteiger charge is -2.12. The van der Waals surface area contributed by atoms with Gasteiger partial charge in [0.15, 0.2) is 0 Å². The molecule has 2 amide bonds. The number of fused-ring (bicyclic) bond motifs is 1. The van der Waals surface area contributed by atoms with Gasteiger partial charge in [0.05, 0.1) is 11.6 Å².